The Morgan fingerprint density at radius 2 is 1.55 bits per heavy atom. The molecule has 2 aliphatic heterocycles. The fourth-order valence-corrected chi connectivity index (χ4v) is 5.04. The molecule has 29 heavy (non-hydrogen) atoms. The maximum atomic E-state index is 13.4. The summed E-state index contributed by atoms with van der Waals surface area (Å²) in [6.45, 7) is 2.26. The summed E-state index contributed by atoms with van der Waals surface area (Å²) in [5.41, 5.74) is 2.80. The van der Waals surface area contributed by atoms with Crippen molar-refractivity contribution in [1.82, 2.24) is 4.90 Å². The number of hydrogen-bond donors (Lipinski definition) is 0. The lowest BCUT2D eigenvalue weighted by Crippen LogP contribution is -2.49. The number of fused-ring (bicyclic) bond motifs is 1. The van der Waals surface area contributed by atoms with Crippen molar-refractivity contribution in [2.24, 2.45) is 11.3 Å². The molecule has 3 aliphatic rings. The maximum Gasteiger partial charge on any atom is 0.242 e. The number of carbonyl (C=O) groups excluding carboxylic acids is 2. The zero-order valence-corrected chi connectivity index (χ0v) is 16.8. The molecule has 2 aromatic rings. The van der Waals surface area contributed by atoms with E-state index in [2.05, 4.69) is 36.4 Å². The van der Waals surface area contributed by atoms with Crippen molar-refractivity contribution in [2.75, 3.05) is 24.5 Å². The highest BCUT2D eigenvalue weighted by molar-refractivity contribution is 6.14. The third kappa shape index (κ3) is 3.35. The van der Waals surface area contributed by atoms with Gasteiger partial charge < -0.3 is 9.80 Å². The van der Waals surface area contributed by atoms with Crippen LogP contribution in [0.15, 0.2) is 54.6 Å². The van der Waals surface area contributed by atoms with E-state index in [4.69, 9.17) is 0 Å². The van der Waals surface area contributed by atoms with E-state index < -0.39 is 5.41 Å². The van der Waals surface area contributed by atoms with Gasteiger partial charge in [0.05, 0.1) is 0 Å². The fraction of sp³-hybridized carbons (Fsp3) is 0.440. The SMILES string of the molecule is O=C(N1CCC(Cc2ccccc2)CC1)C1(C(=O)N2CCc3ccccc32)CC1. The Balaban J connectivity index is 1.23. The molecule has 1 saturated heterocycles. The molecule has 0 atom stereocenters. The molecule has 0 spiro atoms. The zero-order chi connectivity index (χ0) is 19.8. The molecule has 0 unspecified atom stereocenters. The van der Waals surface area contributed by atoms with E-state index in [0.717, 1.165) is 44.5 Å². The van der Waals surface area contributed by atoms with Gasteiger partial charge in [-0.2, -0.15) is 0 Å². The van der Waals surface area contributed by atoms with E-state index in [1.54, 1.807) is 0 Å². The average Bonchev–Trinajstić information content (AvgIpc) is 3.47. The van der Waals surface area contributed by atoms with Crippen LogP contribution in [-0.4, -0.2) is 36.3 Å². The lowest BCUT2D eigenvalue weighted by Gasteiger charge is -2.35. The van der Waals surface area contributed by atoms with Crippen LogP contribution in [0.3, 0.4) is 0 Å². The van der Waals surface area contributed by atoms with Crippen molar-refractivity contribution in [3.8, 4) is 0 Å². The molecule has 0 aromatic heterocycles. The first kappa shape index (κ1) is 18.4. The highest BCUT2D eigenvalue weighted by atomic mass is 16.2. The number of piperidine rings is 1. The van der Waals surface area contributed by atoms with Gasteiger partial charge in [-0.15, -0.1) is 0 Å². The van der Waals surface area contributed by atoms with E-state index in [9.17, 15) is 9.59 Å². The molecule has 0 bridgehead atoms. The Morgan fingerprint density at radius 1 is 0.862 bits per heavy atom. The van der Waals surface area contributed by atoms with E-state index in [1.165, 1.54) is 11.1 Å². The van der Waals surface area contributed by atoms with E-state index >= 15 is 0 Å². The molecule has 0 N–H and O–H groups in total. The molecule has 1 aliphatic carbocycles. The summed E-state index contributed by atoms with van der Waals surface area (Å²) in [6, 6.07) is 18.7. The minimum atomic E-state index is -0.788. The topological polar surface area (TPSA) is 40.6 Å². The van der Waals surface area contributed by atoms with Crippen molar-refractivity contribution >= 4 is 17.5 Å². The van der Waals surface area contributed by atoms with Gasteiger partial charge in [0.1, 0.15) is 5.41 Å². The van der Waals surface area contributed by atoms with Crippen LogP contribution in [0.4, 0.5) is 5.69 Å². The number of nitrogens with zero attached hydrogens (tertiary/aromatic N) is 2. The number of carbonyl (C=O) groups is 2. The molecular weight excluding hydrogens is 360 g/mol. The summed E-state index contributed by atoms with van der Waals surface area (Å²) in [7, 11) is 0. The van der Waals surface area contributed by atoms with Gasteiger partial charge in [0, 0.05) is 25.3 Å². The summed E-state index contributed by atoms with van der Waals surface area (Å²) in [5.74, 6) is 0.724. The van der Waals surface area contributed by atoms with Gasteiger partial charge in [0.25, 0.3) is 0 Å². The van der Waals surface area contributed by atoms with Crippen molar-refractivity contribution in [3.63, 3.8) is 0 Å². The van der Waals surface area contributed by atoms with Crippen LogP contribution in [-0.2, 0) is 22.4 Å². The van der Waals surface area contributed by atoms with Gasteiger partial charge in [-0.3, -0.25) is 9.59 Å². The molecule has 2 amide bonds. The first-order chi connectivity index (χ1) is 14.2. The van der Waals surface area contributed by atoms with E-state index in [0.29, 0.717) is 25.3 Å². The number of para-hydroxylation sites is 1. The molecular formula is C25H28N2O2. The number of benzene rings is 2. The smallest absolute Gasteiger partial charge is 0.242 e. The Labute approximate surface area is 172 Å². The Morgan fingerprint density at radius 3 is 2.28 bits per heavy atom. The number of anilines is 1. The van der Waals surface area contributed by atoms with Crippen molar-refractivity contribution in [2.45, 2.75) is 38.5 Å². The highest BCUT2D eigenvalue weighted by Gasteiger charge is 2.60. The Bertz CT molecular complexity index is 911. The zero-order valence-electron chi connectivity index (χ0n) is 16.8. The highest BCUT2D eigenvalue weighted by Crippen LogP contribution is 2.50. The van der Waals surface area contributed by atoms with Gasteiger partial charge >= 0.3 is 0 Å². The van der Waals surface area contributed by atoms with Crippen LogP contribution < -0.4 is 4.90 Å². The molecule has 2 aromatic carbocycles. The van der Waals surface area contributed by atoms with Crippen LogP contribution in [0.1, 0.15) is 36.8 Å². The third-order valence-corrected chi connectivity index (χ3v) is 6.97. The van der Waals surface area contributed by atoms with Crippen LogP contribution >= 0.6 is 0 Å². The second-order valence-electron chi connectivity index (χ2n) is 8.84. The molecule has 4 nitrogen and oxygen atoms in total. The molecule has 1 saturated carbocycles. The van der Waals surface area contributed by atoms with E-state index in [1.807, 2.05) is 28.0 Å². The fourth-order valence-electron chi connectivity index (χ4n) is 5.04. The maximum absolute atomic E-state index is 13.4. The minimum Gasteiger partial charge on any atom is -0.342 e. The minimum absolute atomic E-state index is 0.0267. The van der Waals surface area contributed by atoms with Crippen LogP contribution in [0, 0.1) is 11.3 Å². The summed E-state index contributed by atoms with van der Waals surface area (Å²) in [4.78, 5) is 30.5. The summed E-state index contributed by atoms with van der Waals surface area (Å²) < 4.78 is 0. The quantitative estimate of drug-likeness (QED) is 0.747. The molecule has 2 heterocycles. The lowest BCUT2D eigenvalue weighted by molar-refractivity contribution is -0.144. The van der Waals surface area contributed by atoms with Crippen molar-refractivity contribution in [1.29, 1.82) is 0 Å². The molecule has 0 radical (unpaired) electrons. The summed E-state index contributed by atoms with van der Waals surface area (Å²) in [6.07, 6.45) is 5.42. The number of amides is 2. The van der Waals surface area contributed by atoms with Crippen molar-refractivity contribution in [3.05, 3.63) is 65.7 Å². The Kier molecular flexibility index (Phi) is 4.65. The summed E-state index contributed by atoms with van der Waals surface area (Å²) >= 11 is 0. The van der Waals surface area contributed by atoms with Crippen LogP contribution in [0.25, 0.3) is 0 Å². The first-order valence-corrected chi connectivity index (χ1v) is 10.9. The second kappa shape index (κ2) is 7.33. The predicted molar refractivity (Wildman–Crippen MR) is 114 cm³/mol. The van der Waals surface area contributed by atoms with Gasteiger partial charge in [0.2, 0.25) is 11.8 Å². The lowest BCUT2D eigenvalue weighted by atomic mass is 9.89. The van der Waals surface area contributed by atoms with Crippen LogP contribution in [0.2, 0.25) is 0 Å². The first-order valence-electron chi connectivity index (χ1n) is 10.9. The molecule has 2 fully saturated rings. The third-order valence-electron chi connectivity index (χ3n) is 6.97. The van der Waals surface area contributed by atoms with Gasteiger partial charge in [-0.25, -0.2) is 0 Å². The molecule has 4 heteroatoms. The Hall–Kier alpha value is -2.62. The second-order valence-corrected chi connectivity index (χ2v) is 8.84. The normalized spacial score (nSPS) is 20.4. The van der Waals surface area contributed by atoms with Crippen molar-refractivity contribution < 1.29 is 9.59 Å². The average molecular weight is 389 g/mol. The van der Waals surface area contributed by atoms with Gasteiger partial charge in [0.15, 0.2) is 0 Å². The van der Waals surface area contributed by atoms with Gasteiger partial charge in [-0.05, 0) is 61.6 Å². The molecule has 150 valence electrons. The molecule has 5 rings (SSSR count). The number of hydrogen-bond acceptors (Lipinski definition) is 2. The van der Waals surface area contributed by atoms with Crippen LogP contribution in [0.5, 0.6) is 0 Å². The largest absolute Gasteiger partial charge is 0.342 e. The van der Waals surface area contributed by atoms with E-state index in [-0.39, 0.29) is 11.8 Å². The van der Waals surface area contributed by atoms with Gasteiger partial charge in [-0.1, -0.05) is 48.5 Å². The monoisotopic (exact) mass is 388 g/mol. The summed E-state index contributed by atoms with van der Waals surface area (Å²) in [5, 5.41) is 0. The number of rotatable bonds is 4. The number of likely N-dealkylation sites (tertiary alicyclic amines) is 1. The predicted octanol–water partition coefficient (Wildman–Crippen LogP) is 3.84. The standard InChI is InChI=1S/C25H28N2O2/c28-23(26-15-10-20(11-16-26)18-19-6-2-1-3-7-19)25(13-14-25)24(29)27-17-12-21-8-4-5-9-22(21)27/h1-9,20H,10-18H2.